The fourth-order valence-electron chi connectivity index (χ4n) is 3.38. The normalized spacial score (nSPS) is 15.5. The zero-order valence-corrected chi connectivity index (χ0v) is 14.8. The second-order valence-electron chi connectivity index (χ2n) is 6.41. The quantitative estimate of drug-likeness (QED) is 0.755. The van der Waals surface area contributed by atoms with Crippen LogP contribution in [0.5, 0.6) is 17.5 Å². The van der Waals surface area contributed by atoms with E-state index in [4.69, 9.17) is 4.74 Å². The summed E-state index contributed by atoms with van der Waals surface area (Å²) in [7, 11) is 1.72. The Morgan fingerprint density at radius 2 is 1.52 bits per heavy atom. The summed E-state index contributed by atoms with van der Waals surface area (Å²) in [6, 6.07) is 11.2. The van der Waals surface area contributed by atoms with Crippen LogP contribution in [0.1, 0.15) is 12.8 Å². The molecule has 1 fully saturated rings. The number of anilines is 1. The highest BCUT2D eigenvalue weighted by atomic mass is 16.5. The third-order valence-electron chi connectivity index (χ3n) is 4.84. The van der Waals surface area contributed by atoms with Crippen molar-refractivity contribution in [2.24, 2.45) is 0 Å². The van der Waals surface area contributed by atoms with Crippen molar-refractivity contribution in [3.63, 3.8) is 0 Å². The molecule has 136 valence electrons. The van der Waals surface area contributed by atoms with E-state index in [1.807, 2.05) is 12.1 Å². The number of piperazine rings is 1. The number of aromatic nitrogens is 1. The number of ether oxygens (including phenoxy) is 1. The molecule has 0 spiro atoms. The van der Waals surface area contributed by atoms with Crippen LogP contribution < -0.4 is 9.64 Å². The van der Waals surface area contributed by atoms with Crippen molar-refractivity contribution in [3.05, 3.63) is 36.4 Å². The highest BCUT2D eigenvalue weighted by Gasteiger charge is 2.19. The summed E-state index contributed by atoms with van der Waals surface area (Å²) in [5, 5.41) is 19.3. The van der Waals surface area contributed by atoms with Crippen LogP contribution in [0.4, 0.5) is 5.69 Å². The molecule has 1 aromatic carbocycles. The minimum atomic E-state index is 0.128. The van der Waals surface area contributed by atoms with Crippen LogP contribution in [-0.4, -0.2) is 59.5 Å². The highest BCUT2D eigenvalue weighted by molar-refractivity contribution is 5.58. The van der Waals surface area contributed by atoms with Gasteiger partial charge in [0, 0.05) is 44.9 Å². The van der Waals surface area contributed by atoms with Gasteiger partial charge in [-0.05, 0) is 31.5 Å². The summed E-state index contributed by atoms with van der Waals surface area (Å²) in [4.78, 5) is 4.85. The van der Waals surface area contributed by atoms with E-state index in [2.05, 4.69) is 21.9 Å². The first kappa shape index (κ1) is 17.5. The van der Waals surface area contributed by atoms with Gasteiger partial charge in [0.1, 0.15) is 5.75 Å². The van der Waals surface area contributed by atoms with Gasteiger partial charge in [-0.3, -0.25) is 9.47 Å². The third-order valence-corrected chi connectivity index (χ3v) is 4.84. The first-order valence-electron chi connectivity index (χ1n) is 8.87. The first-order valence-corrected chi connectivity index (χ1v) is 8.87. The number of hydrogen-bond donors (Lipinski definition) is 2. The lowest BCUT2D eigenvalue weighted by atomic mass is 10.2. The molecule has 0 unspecified atom stereocenters. The molecule has 0 amide bonds. The van der Waals surface area contributed by atoms with Gasteiger partial charge in [-0.1, -0.05) is 12.1 Å². The molecule has 0 aliphatic carbocycles. The van der Waals surface area contributed by atoms with Crippen molar-refractivity contribution in [2.45, 2.75) is 19.4 Å². The smallest absolute Gasteiger partial charge is 0.193 e. The molecule has 0 saturated carbocycles. The molecule has 1 aromatic heterocycles. The lowest BCUT2D eigenvalue weighted by Crippen LogP contribution is -2.46. The number of aromatic hydroxyl groups is 2. The fourth-order valence-corrected chi connectivity index (χ4v) is 3.38. The van der Waals surface area contributed by atoms with E-state index in [0.717, 1.165) is 51.3 Å². The van der Waals surface area contributed by atoms with Gasteiger partial charge in [-0.25, -0.2) is 0 Å². The Hall–Kier alpha value is -2.34. The number of methoxy groups -OCH3 is 1. The van der Waals surface area contributed by atoms with E-state index >= 15 is 0 Å². The number of benzene rings is 1. The van der Waals surface area contributed by atoms with Crippen molar-refractivity contribution in [1.29, 1.82) is 0 Å². The minimum Gasteiger partial charge on any atom is -0.495 e. The summed E-state index contributed by atoms with van der Waals surface area (Å²) in [6.45, 7) is 5.77. The SMILES string of the molecule is COc1ccccc1N1CCN(CCCCn2c(O)ccc2O)CC1. The lowest BCUT2D eigenvalue weighted by Gasteiger charge is -2.36. The Kier molecular flexibility index (Phi) is 5.71. The number of hydrogen-bond acceptors (Lipinski definition) is 5. The predicted octanol–water partition coefficient (Wildman–Crippen LogP) is 2.51. The second kappa shape index (κ2) is 8.16. The highest BCUT2D eigenvalue weighted by Crippen LogP contribution is 2.28. The van der Waals surface area contributed by atoms with Gasteiger partial charge >= 0.3 is 0 Å². The van der Waals surface area contributed by atoms with E-state index < -0.39 is 0 Å². The Morgan fingerprint density at radius 1 is 0.880 bits per heavy atom. The molecular weight excluding hydrogens is 318 g/mol. The molecule has 1 saturated heterocycles. The molecule has 2 heterocycles. The van der Waals surface area contributed by atoms with E-state index in [-0.39, 0.29) is 11.8 Å². The van der Waals surface area contributed by atoms with Crippen LogP contribution in [0.2, 0.25) is 0 Å². The van der Waals surface area contributed by atoms with Gasteiger partial charge in [0.25, 0.3) is 0 Å². The minimum absolute atomic E-state index is 0.128. The summed E-state index contributed by atoms with van der Waals surface area (Å²) in [5.41, 5.74) is 1.17. The number of unbranched alkanes of at least 4 members (excludes halogenated alkanes) is 1. The second-order valence-corrected chi connectivity index (χ2v) is 6.41. The fraction of sp³-hybridized carbons (Fsp3) is 0.474. The largest absolute Gasteiger partial charge is 0.495 e. The van der Waals surface area contributed by atoms with Gasteiger partial charge in [-0.2, -0.15) is 0 Å². The number of nitrogens with zero attached hydrogens (tertiary/aromatic N) is 3. The van der Waals surface area contributed by atoms with Crippen molar-refractivity contribution in [2.75, 3.05) is 44.7 Å². The van der Waals surface area contributed by atoms with Gasteiger partial charge in [0.2, 0.25) is 0 Å². The molecular formula is C19H27N3O3. The number of para-hydroxylation sites is 2. The summed E-state index contributed by atoms with van der Waals surface area (Å²) in [5.74, 6) is 1.19. The van der Waals surface area contributed by atoms with Crippen LogP contribution in [0.3, 0.4) is 0 Å². The van der Waals surface area contributed by atoms with E-state index in [0.29, 0.717) is 6.54 Å². The van der Waals surface area contributed by atoms with Crippen LogP contribution in [0, 0.1) is 0 Å². The molecule has 3 rings (SSSR count). The molecule has 2 aromatic rings. The van der Waals surface area contributed by atoms with Crippen LogP contribution in [-0.2, 0) is 6.54 Å². The Morgan fingerprint density at radius 3 is 2.20 bits per heavy atom. The Labute approximate surface area is 148 Å². The predicted molar refractivity (Wildman–Crippen MR) is 98.6 cm³/mol. The van der Waals surface area contributed by atoms with E-state index in [9.17, 15) is 10.2 Å². The molecule has 1 aliphatic rings. The maximum atomic E-state index is 9.64. The maximum absolute atomic E-state index is 9.64. The molecule has 2 N–H and O–H groups in total. The zero-order valence-electron chi connectivity index (χ0n) is 14.8. The first-order chi connectivity index (χ1) is 12.2. The number of rotatable bonds is 7. The van der Waals surface area contributed by atoms with Crippen molar-refractivity contribution >= 4 is 5.69 Å². The summed E-state index contributed by atoms with van der Waals surface area (Å²) < 4.78 is 7.00. The molecule has 0 radical (unpaired) electrons. The molecule has 25 heavy (non-hydrogen) atoms. The lowest BCUT2D eigenvalue weighted by molar-refractivity contribution is 0.249. The average molecular weight is 345 g/mol. The average Bonchev–Trinajstić information content (AvgIpc) is 2.97. The van der Waals surface area contributed by atoms with Crippen LogP contribution >= 0.6 is 0 Å². The topological polar surface area (TPSA) is 61.1 Å². The Balaban J connectivity index is 1.41. The monoisotopic (exact) mass is 345 g/mol. The van der Waals surface area contributed by atoms with Gasteiger partial charge in [0.15, 0.2) is 11.8 Å². The molecule has 0 atom stereocenters. The van der Waals surface area contributed by atoms with Gasteiger partial charge in [-0.15, -0.1) is 0 Å². The molecule has 0 bridgehead atoms. The Bertz CT molecular complexity index is 659. The molecule has 6 nitrogen and oxygen atoms in total. The van der Waals surface area contributed by atoms with E-state index in [1.165, 1.54) is 17.8 Å². The maximum Gasteiger partial charge on any atom is 0.193 e. The molecule has 6 heteroatoms. The van der Waals surface area contributed by atoms with Crippen molar-refractivity contribution in [1.82, 2.24) is 9.47 Å². The summed E-state index contributed by atoms with van der Waals surface area (Å²) in [6.07, 6.45) is 1.98. The third kappa shape index (κ3) is 4.20. The summed E-state index contributed by atoms with van der Waals surface area (Å²) >= 11 is 0. The molecule has 1 aliphatic heterocycles. The van der Waals surface area contributed by atoms with Gasteiger partial charge in [0.05, 0.1) is 12.8 Å². The van der Waals surface area contributed by atoms with E-state index in [1.54, 1.807) is 11.7 Å². The zero-order chi connectivity index (χ0) is 17.6. The van der Waals surface area contributed by atoms with Crippen molar-refractivity contribution < 1.29 is 14.9 Å². The standard InChI is InChI=1S/C19H27N3O3/c1-25-17-7-3-2-6-16(17)21-14-12-20(13-15-21)10-4-5-11-22-18(23)8-9-19(22)24/h2-3,6-9,23-24H,4-5,10-15H2,1H3. The van der Waals surface area contributed by atoms with Crippen molar-refractivity contribution in [3.8, 4) is 17.5 Å². The van der Waals surface area contributed by atoms with Gasteiger partial charge < -0.3 is 19.8 Å². The van der Waals surface area contributed by atoms with Crippen LogP contribution in [0.15, 0.2) is 36.4 Å². The van der Waals surface area contributed by atoms with Crippen LogP contribution in [0.25, 0.3) is 0 Å².